The van der Waals surface area contributed by atoms with Crippen molar-refractivity contribution in [1.29, 1.82) is 0 Å². The van der Waals surface area contributed by atoms with Crippen LogP contribution in [0.4, 0.5) is 20.3 Å². The predicted molar refractivity (Wildman–Crippen MR) is 80.8 cm³/mol. The Hall–Kier alpha value is -1.73. The summed E-state index contributed by atoms with van der Waals surface area (Å²) in [6.45, 7) is 0. The molecule has 2 rings (SSSR count). The number of halogens is 4. The highest BCUT2D eigenvalue weighted by Gasteiger charge is 2.14. The van der Waals surface area contributed by atoms with Crippen molar-refractivity contribution in [1.82, 2.24) is 4.98 Å². The summed E-state index contributed by atoms with van der Waals surface area (Å²) in [7, 11) is 1.62. The van der Waals surface area contributed by atoms with Gasteiger partial charge in [0.25, 0.3) is 5.91 Å². The van der Waals surface area contributed by atoms with E-state index in [2.05, 4.69) is 31.5 Å². The third kappa shape index (κ3) is 3.68. The quantitative estimate of drug-likeness (QED) is 0.627. The zero-order valence-corrected chi connectivity index (χ0v) is 13.0. The van der Waals surface area contributed by atoms with Gasteiger partial charge >= 0.3 is 0 Å². The normalized spacial score (nSPS) is 10.3. The molecule has 0 radical (unpaired) electrons. The Morgan fingerprint density at radius 2 is 1.95 bits per heavy atom. The van der Waals surface area contributed by atoms with Gasteiger partial charge in [-0.05, 0) is 34.1 Å². The molecule has 110 valence electrons. The van der Waals surface area contributed by atoms with E-state index in [9.17, 15) is 13.6 Å². The number of carbonyl (C=O) groups excluding carboxylic acids is 1. The minimum atomic E-state index is -0.759. The van der Waals surface area contributed by atoms with Crippen molar-refractivity contribution in [2.24, 2.45) is 0 Å². The molecule has 2 aromatic rings. The molecule has 0 aliphatic heterocycles. The van der Waals surface area contributed by atoms with E-state index in [1.54, 1.807) is 7.05 Å². The number of amides is 1. The van der Waals surface area contributed by atoms with Gasteiger partial charge in [0, 0.05) is 18.7 Å². The van der Waals surface area contributed by atoms with Crippen molar-refractivity contribution in [3.8, 4) is 0 Å². The van der Waals surface area contributed by atoms with E-state index >= 15 is 0 Å². The lowest BCUT2D eigenvalue weighted by atomic mass is 10.2. The van der Waals surface area contributed by atoms with Crippen LogP contribution in [0.25, 0.3) is 0 Å². The van der Waals surface area contributed by atoms with Gasteiger partial charge in [0.2, 0.25) is 0 Å². The first-order valence-corrected chi connectivity index (χ1v) is 6.89. The topological polar surface area (TPSA) is 54.0 Å². The van der Waals surface area contributed by atoms with Crippen LogP contribution >= 0.6 is 27.5 Å². The summed E-state index contributed by atoms with van der Waals surface area (Å²) in [5, 5.41) is 5.13. The smallest absolute Gasteiger partial charge is 0.255 e. The Bertz CT molecular complexity index is 712. The molecule has 0 unspecified atom stereocenters. The molecule has 0 aliphatic rings. The fourth-order valence-electron chi connectivity index (χ4n) is 1.57. The van der Waals surface area contributed by atoms with Crippen LogP contribution in [0, 0.1) is 11.6 Å². The van der Waals surface area contributed by atoms with Crippen molar-refractivity contribution < 1.29 is 13.6 Å². The second kappa shape index (κ2) is 6.36. The number of pyridine rings is 1. The molecule has 0 atom stereocenters. The fraction of sp³-hybridized carbons (Fsp3) is 0.0769. The maximum absolute atomic E-state index is 13.7. The van der Waals surface area contributed by atoms with Crippen LogP contribution < -0.4 is 10.6 Å². The SMILES string of the molecule is CNc1cc(C(=O)Nc2cc(F)c(Br)cc2F)cc(Cl)n1. The van der Waals surface area contributed by atoms with Gasteiger partial charge in [0.1, 0.15) is 22.6 Å². The van der Waals surface area contributed by atoms with E-state index in [0.29, 0.717) is 5.82 Å². The lowest BCUT2D eigenvalue weighted by Gasteiger charge is -2.09. The van der Waals surface area contributed by atoms with Gasteiger partial charge in [-0.3, -0.25) is 4.79 Å². The first-order chi connectivity index (χ1) is 9.90. The van der Waals surface area contributed by atoms with Crippen molar-refractivity contribution >= 4 is 44.9 Å². The molecule has 0 aliphatic carbocycles. The molecule has 4 nitrogen and oxygen atoms in total. The number of carbonyl (C=O) groups is 1. The molecule has 21 heavy (non-hydrogen) atoms. The molecule has 0 bridgehead atoms. The summed E-state index contributed by atoms with van der Waals surface area (Å²) in [6, 6.07) is 4.59. The number of nitrogens with zero attached hydrogens (tertiary/aromatic N) is 1. The third-order valence-electron chi connectivity index (χ3n) is 2.57. The molecule has 0 saturated heterocycles. The number of benzene rings is 1. The molecule has 0 spiro atoms. The van der Waals surface area contributed by atoms with Crippen LogP contribution in [0.5, 0.6) is 0 Å². The van der Waals surface area contributed by atoms with E-state index in [4.69, 9.17) is 11.6 Å². The Balaban J connectivity index is 2.30. The molecule has 0 fully saturated rings. The van der Waals surface area contributed by atoms with Crippen LogP contribution in [-0.4, -0.2) is 17.9 Å². The summed E-state index contributed by atoms with van der Waals surface area (Å²) < 4.78 is 27.0. The zero-order chi connectivity index (χ0) is 15.6. The van der Waals surface area contributed by atoms with Crippen LogP contribution in [0.15, 0.2) is 28.7 Å². The van der Waals surface area contributed by atoms with E-state index in [0.717, 1.165) is 12.1 Å². The first-order valence-electron chi connectivity index (χ1n) is 5.72. The highest BCUT2D eigenvalue weighted by molar-refractivity contribution is 9.10. The fourth-order valence-corrected chi connectivity index (χ4v) is 2.09. The number of hydrogen-bond donors (Lipinski definition) is 2. The predicted octanol–water partition coefficient (Wildman–Crippen LogP) is 4.07. The third-order valence-corrected chi connectivity index (χ3v) is 3.37. The van der Waals surface area contributed by atoms with Crippen LogP contribution in [0.2, 0.25) is 5.15 Å². The average Bonchev–Trinajstić information content (AvgIpc) is 2.43. The summed E-state index contributed by atoms with van der Waals surface area (Å²) in [5.74, 6) is -1.69. The van der Waals surface area contributed by atoms with Gasteiger partial charge in [-0.1, -0.05) is 11.6 Å². The summed E-state index contributed by atoms with van der Waals surface area (Å²) in [4.78, 5) is 16.0. The van der Waals surface area contributed by atoms with Crippen LogP contribution in [-0.2, 0) is 0 Å². The number of anilines is 2. The first kappa shape index (κ1) is 15.7. The second-order valence-electron chi connectivity index (χ2n) is 4.01. The van der Waals surface area contributed by atoms with Crippen molar-refractivity contribution in [2.45, 2.75) is 0 Å². The number of rotatable bonds is 3. The van der Waals surface area contributed by atoms with Gasteiger partial charge in [-0.15, -0.1) is 0 Å². The van der Waals surface area contributed by atoms with Gasteiger partial charge in [-0.2, -0.15) is 0 Å². The number of aromatic nitrogens is 1. The lowest BCUT2D eigenvalue weighted by Crippen LogP contribution is -2.14. The average molecular weight is 377 g/mol. The zero-order valence-electron chi connectivity index (χ0n) is 10.7. The largest absolute Gasteiger partial charge is 0.373 e. The second-order valence-corrected chi connectivity index (χ2v) is 5.26. The van der Waals surface area contributed by atoms with Crippen molar-refractivity contribution in [2.75, 3.05) is 17.7 Å². The molecule has 1 amide bonds. The highest BCUT2D eigenvalue weighted by Crippen LogP contribution is 2.24. The standard InChI is InChI=1S/C13H9BrClF2N3O/c1-18-12-3-6(2-11(15)20-12)13(21)19-10-5-8(16)7(14)4-9(10)17/h2-5H,1H3,(H,18,20)(H,19,21). The van der Waals surface area contributed by atoms with Gasteiger partial charge in [0.15, 0.2) is 0 Å². The Labute approximate surface area is 132 Å². The monoisotopic (exact) mass is 375 g/mol. The summed E-state index contributed by atoms with van der Waals surface area (Å²) >= 11 is 8.64. The molecule has 1 aromatic carbocycles. The molecular formula is C13H9BrClF2N3O. The summed E-state index contributed by atoms with van der Waals surface area (Å²) in [5.41, 5.74) is -0.0956. The van der Waals surface area contributed by atoms with Crippen LogP contribution in [0.1, 0.15) is 10.4 Å². The van der Waals surface area contributed by atoms with E-state index in [1.165, 1.54) is 12.1 Å². The van der Waals surface area contributed by atoms with Gasteiger partial charge < -0.3 is 10.6 Å². The Morgan fingerprint density at radius 1 is 1.24 bits per heavy atom. The maximum Gasteiger partial charge on any atom is 0.255 e. The van der Waals surface area contributed by atoms with Crippen molar-refractivity contribution in [3.63, 3.8) is 0 Å². The molecule has 1 aromatic heterocycles. The molecular weight excluding hydrogens is 368 g/mol. The number of hydrogen-bond acceptors (Lipinski definition) is 3. The van der Waals surface area contributed by atoms with E-state index in [1.807, 2.05) is 0 Å². The van der Waals surface area contributed by atoms with E-state index in [-0.39, 0.29) is 20.9 Å². The minimum Gasteiger partial charge on any atom is -0.373 e. The molecule has 0 saturated carbocycles. The number of nitrogens with one attached hydrogen (secondary N) is 2. The minimum absolute atomic E-state index is 0.0255. The molecule has 1 heterocycles. The van der Waals surface area contributed by atoms with Gasteiger partial charge in [0.05, 0.1) is 10.2 Å². The lowest BCUT2D eigenvalue weighted by molar-refractivity contribution is 0.102. The molecule has 8 heteroatoms. The van der Waals surface area contributed by atoms with Gasteiger partial charge in [-0.25, -0.2) is 13.8 Å². The van der Waals surface area contributed by atoms with Crippen molar-refractivity contribution in [3.05, 3.63) is 51.1 Å². The maximum atomic E-state index is 13.7. The summed E-state index contributed by atoms with van der Waals surface area (Å²) in [6.07, 6.45) is 0. The van der Waals surface area contributed by atoms with E-state index < -0.39 is 17.5 Å². The highest BCUT2D eigenvalue weighted by atomic mass is 79.9. The Morgan fingerprint density at radius 3 is 2.62 bits per heavy atom. The Kier molecular flexibility index (Phi) is 4.74. The van der Waals surface area contributed by atoms with Crippen LogP contribution in [0.3, 0.4) is 0 Å². The molecule has 2 N–H and O–H groups in total.